The highest BCUT2D eigenvalue weighted by molar-refractivity contribution is 7.99. The summed E-state index contributed by atoms with van der Waals surface area (Å²) in [5.74, 6) is -1.09. The van der Waals surface area contributed by atoms with Crippen molar-refractivity contribution in [1.29, 1.82) is 0 Å². The first-order chi connectivity index (χ1) is 9.36. The third-order valence-corrected chi connectivity index (χ3v) is 3.87. The van der Waals surface area contributed by atoms with Crippen LogP contribution in [0.25, 0.3) is 0 Å². The minimum absolute atomic E-state index is 0.0442. The van der Waals surface area contributed by atoms with Crippen LogP contribution in [0.2, 0.25) is 5.02 Å². The molecule has 1 heterocycles. The summed E-state index contributed by atoms with van der Waals surface area (Å²) in [4.78, 5) is 20.2. The van der Waals surface area contributed by atoms with E-state index in [2.05, 4.69) is 9.97 Å². The number of halogens is 1. The van der Waals surface area contributed by atoms with Crippen LogP contribution in [0.1, 0.15) is 21.7 Å². The lowest BCUT2D eigenvalue weighted by Crippen LogP contribution is -2.02. The van der Waals surface area contributed by atoms with E-state index < -0.39 is 5.97 Å². The van der Waals surface area contributed by atoms with Gasteiger partial charge >= 0.3 is 5.97 Å². The van der Waals surface area contributed by atoms with E-state index in [1.165, 1.54) is 12.1 Å². The highest BCUT2D eigenvalue weighted by atomic mass is 35.5. The second-order valence-corrected chi connectivity index (χ2v) is 5.60. The number of hydrogen-bond donors (Lipinski definition) is 2. The van der Waals surface area contributed by atoms with E-state index in [-0.39, 0.29) is 10.6 Å². The summed E-state index contributed by atoms with van der Waals surface area (Å²) in [5.41, 5.74) is 7.58. The average Bonchev–Trinajstić information content (AvgIpc) is 2.30. The predicted octanol–water partition coefficient (Wildman–Crippen LogP) is 3.18. The molecule has 3 N–H and O–H groups in total. The van der Waals surface area contributed by atoms with Crippen molar-refractivity contribution in [2.45, 2.75) is 23.9 Å². The first-order valence-electron chi connectivity index (χ1n) is 5.69. The lowest BCUT2D eigenvalue weighted by molar-refractivity contribution is 0.0693. The Morgan fingerprint density at radius 1 is 1.25 bits per heavy atom. The van der Waals surface area contributed by atoms with Gasteiger partial charge < -0.3 is 10.8 Å². The lowest BCUT2D eigenvalue weighted by atomic mass is 10.2. The number of aromatic carboxylic acids is 1. The van der Waals surface area contributed by atoms with E-state index in [9.17, 15) is 9.90 Å². The Kier molecular flexibility index (Phi) is 4.15. The van der Waals surface area contributed by atoms with Crippen molar-refractivity contribution >= 4 is 35.0 Å². The van der Waals surface area contributed by atoms with E-state index >= 15 is 0 Å². The van der Waals surface area contributed by atoms with Crippen molar-refractivity contribution in [2.24, 2.45) is 0 Å². The molecule has 0 bridgehead atoms. The largest absolute Gasteiger partial charge is 0.478 e. The molecule has 0 fully saturated rings. The summed E-state index contributed by atoms with van der Waals surface area (Å²) in [6, 6.07) is 4.73. The summed E-state index contributed by atoms with van der Waals surface area (Å²) in [7, 11) is 0. The topological polar surface area (TPSA) is 89.1 Å². The number of benzene rings is 1. The van der Waals surface area contributed by atoms with Crippen LogP contribution in [-0.2, 0) is 0 Å². The van der Waals surface area contributed by atoms with Crippen LogP contribution in [-0.4, -0.2) is 21.0 Å². The molecule has 0 radical (unpaired) electrons. The predicted molar refractivity (Wildman–Crippen MR) is 78.5 cm³/mol. The molecule has 0 amide bonds. The van der Waals surface area contributed by atoms with E-state index in [0.29, 0.717) is 15.7 Å². The number of carbonyl (C=O) groups is 1. The zero-order valence-electron chi connectivity index (χ0n) is 10.8. The van der Waals surface area contributed by atoms with Crippen molar-refractivity contribution in [3.05, 3.63) is 40.2 Å². The number of nitrogens with two attached hydrogens (primary N) is 1. The highest BCUT2D eigenvalue weighted by Gasteiger charge is 2.17. The molecular formula is C13H12ClN3O2S. The number of aromatic nitrogens is 2. The van der Waals surface area contributed by atoms with E-state index in [0.717, 1.165) is 23.1 Å². The smallest absolute Gasteiger partial charge is 0.336 e. The van der Waals surface area contributed by atoms with E-state index in [1.54, 1.807) is 0 Å². The van der Waals surface area contributed by atoms with Gasteiger partial charge in [0.05, 0.1) is 10.6 Å². The highest BCUT2D eigenvalue weighted by Crippen LogP contribution is 2.36. The van der Waals surface area contributed by atoms with Gasteiger partial charge in [-0.05, 0) is 43.8 Å². The number of aryl methyl sites for hydroxylation is 2. The van der Waals surface area contributed by atoms with Crippen LogP contribution in [0, 0.1) is 13.8 Å². The number of rotatable bonds is 3. The Labute approximate surface area is 125 Å². The lowest BCUT2D eigenvalue weighted by Gasteiger charge is -2.09. The third-order valence-electron chi connectivity index (χ3n) is 2.45. The zero-order chi connectivity index (χ0) is 14.9. The van der Waals surface area contributed by atoms with Crippen LogP contribution >= 0.6 is 23.4 Å². The van der Waals surface area contributed by atoms with Gasteiger partial charge in [-0.3, -0.25) is 0 Å². The molecule has 20 heavy (non-hydrogen) atoms. The molecule has 0 aliphatic carbocycles. The molecule has 104 valence electrons. The summed E-state index contributed by atoms with van der Waals surface area (Å²) >= 11 is 7.20. The molecule has 0 aliphatic rings. The van der Waals surface area contributed by atoms with Gasteiger partial charge in [-0.25, -0.2) is 14.8 Å². The first-order valence-corrected chi connectivity index (χ1v) is 6.88. The molecule has 1 aromatic carbocycles. The standard InChI is InChI=1S/C13H12ClN3O2S/c1-6-3-7(2)17-13(16-6)20-11-9(12(18)19)4-8(15)5-10(11)14/h3-5H,15H2,1-2H3,(H,18,19). The van der Waals surface area contributed by atoms with Crippen molar-refractivity contribution in [3.63, 3.8) is 0 Å². The Bertz CT molecular complexity index is 671. The van der Waals surface area contributed by atoms with Crippen LogP contribution in [0.3, 0.4) is 0 Å². The van der Waals surface area contributed by atoms with Crippen LogP contribution in [0.5, 0.6) is 0 Å². The minimum atomic E-state index is -1.09. The van der Waals surface area contributed by atoms with Crippen LogP contribution < -0.4 is 5.73 Å². The van der Waals surface area contributed by atoms with Gasteiger partial charge in [0.15, 0.2) is 5.16 Å². The first kappa shape index (κ1) is 14.6. The number of carboxylic acid groups (broad SMARTS) is 1. The number of anilines is 1. The monoisotopic (exact) mass is 309 g/mol. The summed E-state index contributed by atoms with van der Waals surface area (Å²) in [5, 5.41) is 9.96. The maximum atomic E-state index is 11.3. The molecular weight excluding hydrogens is 298 g/mol. The van der Waals surface area contributed by atoms with Gasteiger partial charge in [-0.15, -0.1) is 0 Å². The van der Waals surface area contributed by atoms with E-state index in [4.69, 9.17) is 17.3 Å². The maximum Gasteiger partial charge on any atom is 0.336 e. The quantitative estimate of drug-likeness (QED) is 0.668. The molecule has 1 aromatic heterocycles. The molecule has 0 saturated heterocycles. The summed E-state index contributed by atoms with van der Waals surface area (Å²) in [6.45, 7) is 3.70. The molecule has 2 aromatic rings. The Hall–Kier alpha value is -1.79. The molecule has 0 saturated carbocycles. The third kappa shape index (κ3) is 3.20. The molecule has 0 aliphatic heterocycles. The number of nitrogen functional groups attached to an aromatic ring is 1. The van der Waals surface area contributed by atoms with Crippen molar-refractivity contribution in [3.8, 4) is 0 Å². The number of carboxylic acids is 1. The van der Waals surface area contributed by atoms with E-state index in [1.807, 2.05) is 19.9 Å². The minimum Gasteiger partial charge on any atom is -0.478 e. The molecule has 7 heteroatoms. The van der Waals surface area contributed by atoms with Crippen molar-refractivity contribution in [1.82, 2.24) is 9.97 Å². The fourth-order valence-corrected chi connectivity index (χ4v) is 3.03. The molecule has 5 nitrogen and oxygen atoms in total. The van der Waals surface area contributed by atoms with Crippen molar-refractivity contribution in [2.75, 3.05) is 5.73 Å². The maximum absolute atomic E-state index is 11.3. The van der Waals surface area contributed by atoms with Gasteiger partial charge in [0.1, 0.15) is 0 Å². The number of hydrogen-bond acceptors (Lipinski definition) is 5. The van der Waals surface area contributed by atoms with Gasteiger partial charge in [-0.1, -0.05) is 11.6 Å². The second kappa shape index (κ2) is 5.68. The molecule has 0 spiro atoms. The Morgan fingerprint density at radius 3 is 2.40 bits per heavy atom. The second-order valence-electron chi connectivity index (χ2n) is 4.22. The van der Waals surface area contributed by atoms with Gasteiger partial charge in [-0.2, -0.15) is 0 Å². The zero-order valence-corrected chi connectivity index (χ0v) is 12.4. The molecule has 0 atom stereocenters. The van der Waals surface area contributed by atoms with Gasteiger partial charge in [0.25, 0.3) is 0 Å². The molecule has 0 unspecified atom stereocenters. The van der Waals surface area contributed by atoms with Crippen LogP contribution in [0.15, 0.2) is 28.3 Å². The SMILES string of the molecule is Cc1cc(C)nc(Sc2c(Cl)cc(N)cc2C(=O)O)n1. The fourth-order valence-electron chi connectivity index (χ4n) is 1.71. The summed E-state index contributed by atoms with van der Waals surface area (Å²) < 4.78 is 0. The van der Waals surface area contributed by atoms with Gasteiger partial charge in [0, 0.05) is 22.0 Å². The Morgan fingerprint density at radius 2 is 1.85 bits per heavy atom. The normalized spacial score (nSPS) is 10.6. The average molecular weight is 310 g/mol. The Balaban J connectivity index is 2.50. The summed E-state index contributed by atoms with van der Waals surface area (Å²) in [6.07, 6.45) is 0. The van der Waals surface area contributed by atoms with Crippen molar-refractivity contribution < 1.29 is 9.90 Å². The molecule has 2 rings (SSSR count). The van der Waals surface area contributed by atoms with Crippen LogP contribution in [0.4, 0.5) is 5.69 Å². The number of nitrogens with zero attached hydrogens (tertiary/aromatic N) is 2. The fraction of sp³-hybridized carbons (Fsp3) is 0.154. The van der Waals surface area contributed by atoms with Gasteiger partial charge in [0.2, 0.25) is 0 Å².